The molecule has 0 spiro atoms. The minimum absolute atomic E-state index is 0.141. The number of hydrogen-bond donors (Lipinski definition) is 2. The average Bonchev–Trinajstić information content (AvgIpc) is 3.22. The highest BCUT2D eigenvalue weighted by atomic mass is 32.1. The predicted octanol–water partition coefficient (Wildman–Crippen LogP) is 3.57. The Balaban J connectivity index is 1.70. The molecular formula is C18H19N3O3S. The van der Waals surface area contributed by atoms with Crippen LogP contribution in [0.5, 0.6) is 0 Å². The zero-order chi connectivity index (χ0) is 17.8. The minimum atomic E-state index is -0.141. The lowest BCUT2D eigenvalue weighted by atomic mass is 10.2. The van der Waals surface area contributed by atoms with Crippen molar-refractivity contribution in [3.8, 4) is 11.5 Å². The molecule has 3 rings (SSSR count). The van der Waals surface area contributed by atoms with Crippen molar-refractivity contribution in [3.63, 3.8) is 0 Å². The van der Waals surface area contributed by atoms with Crippen LogP contribution in [0.1, 0.15) is 26.0 Å². The first kappa shape index (κ1) is 17.3. The molecule has 0 atom stereocenters. The van der Waals surface area contributed by atoms with Gasteiger partial charge in [-0.15, -0.1) is 11.3 Å². The molecule has 0 fully saturated rings. The quantitative estimate of drug-likeness (QED) is 0.704. The number of carbonyl (C=O) groups excluding carboxylic acids is 1. The number of methoxy groups -OCH3 is 1. The molecule has 2 aromatic heterocycles. The largest absolute Gasteiger partial charge is 0.441 e. The Morgan fingerprint density at radius 1 is 1.28 bits per heavy atom. The lowest BCUT2D eigenvalue weighted by molar-refractivity contribution is 0.103. The molecule has 0 aliphatic heterocycles. The number of hydrogen-bond acceptors (Lipinski definition) is 6. The molecule has 0 saturated heterocycles. The second-order valence-corrected chi connectivity index (χ2v) is 6.62. The third-order valence-electron chi connectivity index (χ3n) is 3.65. The highest BCUT2D eigenvalue weighted by Crippen LogP contribution is 2.24. The first-order valence-electron chi connectivity index (χ1n) is 7.76. The predicted molar refractivity (Wildman–Crippen MR) is 97.6 cm³/mol. The van der Waals surface area contributed by atoms with Crippen LogP contribution in [0.15, 0.2) is 40.8 Å². The van der Waals surface area contributed by atoms with E-state index in [0.29, 0.717) is 29.6 Å². The van der Waals surface area contributed by atoms with Crippen molar-refractivity contribution in [1.29, 1.82) is 0 Å². The average molecular weight is 357 g/mol. The molecule has 1 aromatic carbocycles. The Hall–Kier alpha value is -2.48. The van der Waals surface area contributed by atoms with Crippen molar-refractivity contribution in [2.24, 2.45) is 5.73 Å². The molecule has 0 bridgehead atoms. The van der Waals surface area contributed by atoms with Gasteiger partial charge in [-0.3, -0.25) is 4.79 Å². The lowest BCUT2D eigenvalue weighted by Crippen LogP contribution is -2.09. The van der Waals surface area contributed by atoms with Gasteiger partial charge in [-0.05, 0) is 43.3 Å². The van der Waals surface area contributed by atoms with Crippen LogP contribution in [-0.4, -0.2) is 18.0 Å². The van der Waals surface area contributed by atoms with E-state index in [9.17, 15) is 4.79 Å². The Morgan fingerprint density at radius 3 is 2.68 bits per heavy atom. The monoisotopic (exact) mass is 357 g/mol. The number of amides is 1. The summed E-state index contributed by atoms with van der Waals surface area (Å²) in [5, 5.41) is 2.88. The first-order chi connectivity index (χ1) is 12.1. The maximum absolute atomic E-state index is 12.3. The molecule has 1 amide bonds. The van der Waals surface area contributed by atoms with E-state index < -0.39 is 0 Å². The van der Waals surface area contributed by atoms with Crippen LogP contribution in [0.3, 0.4) is 0 Å². The SMILES string of the molecule is COCc1ccc(C(=O)Nc2ccc(-c3nc(CN)c(C)o3)cc2)s1. The number of nitrogens with zero attached hydrogens (tertiary/aromatic N) is 1. The van der Waals surface area contributed by atoms with E-state index in [-0.39, 0.29) is 5.91 Å². The van der Waals surface area contributed by atoms with Crippen molar-refractivity contribution in [3.05, 3.63) is 57.6 Å². The van der Waals surface area contributed by atoms with E-state index in [2.05, 4.69) is 10.3 Å². The summed E-state index contributed by atoms with van der Waals surface area (Å²) >= 11 is 1.42. The van der Waals surface area contributed by atoms with Crippen LogP contribution in [-0.2, 0) is 17.9 Å². The minimum Gasteiger partial charge on any atom is -0.441 e. The third kappa shape index (κ3) is 3.96. The Labute approximate surface area is 149 Å². The molecule has 3 N–H and O–H groups in total. The number of ether oxygens (including phenoxy) is 1. The number of rotatable bonds is 6. The van der Waals surface area contributed by atoms with Gasteiger partial charge in [-0.2, -0.15) is 0 Å². The van der Waals surface area contributed by atoms with E-state index in [1.54, 1.807) is 13.2 Å². The van der Waals surface area contributed by atoms with Gasteiger partial charge in [0, 0.05) is 29.8 Å². The first-order valence-corrected chi connectivity index (χ1v) is 8.58. The number of nitrogens with one attached hydrogen (secondary N) is 1. The van der Waals surface area contributed by atoms with Gasteiger partial charge in [0.1, 0.15) is 5.76 Å². The van der Waals surface area contributed by atoms with Gasteiger partial charge in [-0.25, -0.2) is 4.98 Å². The molecule has 130 valence electrons. The molecule has 2 heterocycles. The zero-order valence-electron chi connectivity index (χ0n) is 14.0. The van der Waals surface area contributed by atoms with Gasteiger partial charge in [0.25, 0.3) is 5.91 Å². The molecular weight excluding hydrogens is 338 g/mol. The summed E-state index contributed by atoms with van der Waals surface area (Å²) in [6.07, 6.45) is 0. The summed E-state index contributed by atoms with van der Waals surface area (Å²) in [4.78, 5) is 18.3. The smallest absolute Gasteiger partial charge is 0.265 e. The van der Waals surface area contributed by atoms with Crippen molar-refractivity contribution in [2.75, 3.05) is 12.4 Å². The molecule has 6 nitrogen and oxygen atoms in total. The van der Waals surface area contributed by atoms with Gasteiger partial charge in [0.15, 0.2) is 0 Å². The van der Waals surface area contributed by atoms with E-state index in [0.717, 1.165) is 21.9 Å². The molecule has 0 radical (unpaired) electrons. The number of oxazole rings is 1. The summed E-state index contributed by atoms with van der Waals surface area (Å²) in [7, 11) is 1.63. The maximum Gasteiger partial charge on any atom is 0.265 e. The Morgan fingerprint density at radius 2 is 2.04 bits per heavy atom. The maximum atomic E-state index is 12.3. The van der Waals surface area contributed by atoms with E-state index >= 15 is 0 Å². The Kier molecular flexibility index (Phi) is 5.28. The van der Waals surface area contributed by atoms with Gasteiger partial charge in [0.2, 0.25) is 5.89 Å². The Bertz CT molecular complexity index is 868. The third-order valence-corrected chi connectivity index (χ3v) is 4.71. The molecule has 7 heteroatoms. The fraction of sp³-hybridized carbons (Fsp3) is 0.222. The fourth-order valence-electron chi connectivity index (χ4n) is 2.35. The number of aryl methyl sites for hydroxylation is 1. The summed E-state index contributed by atoms with van der Waals surface area (Å²) in [5.74, 6) is 1.11. The lowest BCUT2D eigenvalue weighted by Gasteiger charge is -2.04. The summed E-state index contributed by atoms with van der Waals surface area (Å²) in [6.45, 7) is 2.69. The molecule has 3 aromatic rings. The van der Waals surface area contributed by atoms with Crippen LogP contribution in [0.25, 0.3) is 11.5 Å². The molecule has 0 unspecified atom stereocenters. The van der Waals surface area contributed by atoms with E-state index in [4.69, 9.17) is 14.9 Å². The second kappa shape index (κ2) is 7.60. The standard InChI is InChI=1S/C18H19N3O3S/c1-11-15(9-19)21-18(24-11)12-3-5-13(6-4-12)20-17(22)16-8-7-14(25-16)10-23-2/h3-8H,9-10,19H2,1-2H3,(H,20,22). The van der Waals surface area contributed by atoms with Crippen LogP contribution < -0.4 is 11.1 Å². The molecule has 0 aliphatic carbocycles. The van der Waals surface area contributed by atoms with Crippen molar-refractivity contribution < 1.29 is 13.9 Å². The second-order valence-electron chi connectivity index (χ2n) is 5.46. The fourth-order valence-corrected chi connectivity index (χ4v) is 3.22. The van der Waals surface area contributed by atoms with Crippen LogP contribution >= 0.6 is 11.3 Å². The summed E-state index contributed by atoms with van der Waals surface area (Å²) < 4.78 is 10.7. The van der Waals surface area contributed by atoms with Gasteiger partial charge in [0.05, 0.1) is 17.2 Å². The summed E-state index contributed by atoms with van der Waals surface area (Å²) in [6, 6.07) is 11.0. The molecule has 25 heavy (non-hydrogen) atoms. The number of anilines is 1. The van der Waals surface area contributed by atoms with E-state index in [1.165, 1.54) is 11.3 Å². The highest BCUT2D eigenvalue weighted by molar-refractivity contribution is 7.14. The molecule has 0 aliphatic rings. The van der Waals surface area contributed by atoms with Gasteiger partial charge < -0.3 is 20.2 Å². The van der Waals surface area contributed by atoms with Crippen molar-refractivity contribution in [2.45, 2.75) is 20.1 Å². The number of thiophene rings is 1. The highest BCUT2D eigenvalue weighted by Gasteiger charge is 2.12. The number of aromatic nitrogens is 1. The topological polar surface area (TPSA) is 90.4 Å². The van der Waals surface area contributed by atoms with E-state index in [1.807, 2.05) is 37.3 Å². The van der Waals surface area contributed by atoms with Crippen molar-refractivity contribution >= 4 is 22.9 Å². The number of carbonyl (C=O) groups is 1. The van der Waals surface area contributed by atoms with Gasteiger partial charge in [-0.1, -0.05) is 0 Å². The number of benzene rings is 1. The van der Waals surface area contributed by atoms with Crippen LogP contribution in [0.4, 0.5) is 5.69 Å². The van der Waals surface area contributed by atoms with Crippen molar-refractivity contribution in [1.82, 2.24) is 4.98 Å². The summed E-state index contributed by atoms with van der Waals surface area (Å²) in [5.41, 5.74) is 7.91. The zero-order valence-corrected chi connectivity index (χ0v) is 14.9. The normalized spacial score (nSPS) is 10.8. The van der Waals surface area contributed by atoms with Gasteiger partial charge >= 0.3 is 0 Å². The molecule has 0 saturated carbocycles. The number of nitrogens with two attached hydrogens (primary N) is 1. The van der Waals surface area contributed by atoms with Crippen LogP contribution in [0, 0.1) is 6.92 Å². The van der Waals surface area contributed by atoms with Crippen LogP contribution in [0.2, 0.25) is 0 Å².